The predicted octanol–water partition coefficient (Wildman–Crippen LogP) is 2.54. The molecule has 0 atom stereocenters. The molecule has 0 saturated heterocycles. The van der Waals surface area contributed by atoms with Crippen molar-refractivity contribution < 1.29 is 4.79 Å². The number of aromatic nitrogens is 2. The molecule has 0 unspecified atom stereocenters. The van der Waals surface area contributed by atoms with Crippen LogP contribution in [0.3, 0.4) is 0 Å². The van der Waals surface area contributed by atoms with E-state index in [2.05, 4.69) is 15.3 Å². The van der Waals surface area contributed by atoms with Gasteiger partial charge in [0, 0.05) is 24.6 Å². The highest BCUT2D eigenvalue weighted by Gasteiger charge is 2.22. The number of imidazole rings is 1. The van der Waals surface area contributed by atoms with Crippen molar-refractivity contribution in [3.63, 3.8) is 0 Å². The molecule has 5 nitrogen and oxygen atoms in total. The van der Waals surface area contributed by atoms with Gasteiger partial charge < -0.3 is 16.0 Å². The molecule has 108 valence electrons. The number of hydrogen-bond donors (Lipinski definition) is 3. The SMILES string of the molecule is Cl.NCCC(=O)Nc1ccc2nc(C3CCC3)[nH]c2c1. The molecular weight excluding hydrogens is 276 g/mol. The van der Waals surface area contributed by atoms with Crippen molar-refractivity contribution in [1.29, 1.82) is 0 Å². The fraction of sp³-hybridized carbons (Fsp3) is 0.429. The van der Waals surface area contributed by atoms with Crippen molar-refractivity contribution in [3.8, 4) is 0 Å². The molecule has 2 aromatic rings. The van der Waals surface area contributed by atoms with Gasteiger partial charge in [0.2, 0.25) is 5.91 Å². The molecule has 1 amide bonds. The van der Waals surface area contributed by atoms with Gasteiger partial charge in [-0.25, -0.2) is 4.98 Å². The molecule has 1 aliphatic carbocycles. The van der Waals surface area contributed by atoms with E-state index in [0.717, 1.165) is 22.5 Å². The van der Waals surface area contributed by atoms with Crippen molar-refractivity contribution in [2.75, 3.05) is 11.9 Å². The number of rotatable bonds is 4. The molecule has 1 saturated carbocycles. The van der Waals surface area contributed by atoms with Gasteiger partial charge in [-0.15, -0.1) is 12.4 Å². The summed E-state index contributed by atoms with van der Waals surface area (Å²) >= 11 is 0. The Morgan fingerprint density at radius 1 is 1.45 bits per heavy atom. The maximum atomic E-state index is 11.5. The van der Waals surface area contributed by atoms with E-state index < -0.39 is 0 Å². The number of carbonyl (C=O) groups is 1. The highest BCUT2D eigenvalue weighted by Crippen LogP contribution is 2.35. The van der Waals surface area contributed by atoms with E-state index in [0.29, 0.717) is 18.9 Å². The van der Waals surface area contributed by atoms with Gasteiger partial charge in [-0.1, -0.05) is 6.42 Å². The van der Waals surface area contributed by atoms with Gasteiger partial charge in [0.1, 0.15) is 5.82 Å². The Labute approximate surface area is 123 Å². The fourth-order valence-electron chi connectivity index (χ4n) is 2.34. The fourth-order valence-corrected chi connectivity index (χ4v) is 2.34. The van der Waals surface area contributed by atoms with E-state index >= 15 is 0 Å². The summed E-state index contributed by atoms with van der Waals surface area (Å²) in [5, 5.41) is 2.83. The Morgan fingerprint density at radius 3 is 2.90 bits per heavy atom. The molecule has 20 heavy (non-hydrogen) atoms. The summed E-state index contributed by atoms with van der Waals surface area (Å²) in [4.78, 5) is 19.5. The second-order valence-electron chi connectivity index (χ2n) is 5.07. The molecule has 1 aromatic carbocycles. The largest absolute Gasteiger partial charge is 0.342 e. The molecule has 0 spiro atoms. The standard InChI is InChI=1S/C14H18N4O.ClH/c15-7-6-13(19)16-10-4-5-11-12(8-10)18-14(17-11)9-2-1-3-9;/h4-5,8-9H,1-3,6-7,15H2,(H,16,19)(H,17,18);1H. The van der Waals surface area contributed by atoms with Crippen molar-refractivity contribution in [2.24, 2.45) is 5.73 Å². The van der Waals surface area contributed by atoms with Gasteiger partial charge in [-0.2, -0.15) is 0 Å². The number of carbonyl (C=O) groups excluding carboxylic acids is 1. The molecule has 0 radical (unpaired) electrons. The third-order valence-corrected chi connectivity index (χ3v) is 3.65. The monoisotopic (exact) mass is 294 g/mol. The Bertz CT molecular complexity index is 606. The van der Waals surface area contributed by atoms with Gasteiger partial charge in [-0.3, -0.25) is 4.79 Å². The molecule has 6 heteroatoms. The Hall–Kier alpha value is -1.59. The van der Waals surface area contributed by atoms with E-state index in [1.54, 1.807) is 0 Å². The van der Waals surface area contributed by atoms with Crippen LogP contribution in [0.4, 0.5) is 5.69 Å². The molecule has 1 heterocycles. The first-order valence-electron chi connectivity index (χ1n) is 6.76. The first-order chi connectivity index (χ1) is 9.26. The summed E-state index contributed by atoms with van der Waals surface area (Å²) in [6.45, 7) is 0.365. The lowest BCUT2D eigenvalue weighted by Crippen LogP contribution is -2.16. The first kappa shape index (κ1) is 14.8. The van der Waals surface area contributed by atoms with Crippen molar-refractivity contribution in [2.45, 2.75) is 31.6 Å². The second kappa shape index (κ2) is 6.24. The smallest absolute Gasteiger partial charge is 0.225 e. The summed E-state index contributed by atoms with van der Waals surface area (Å²) in [7, 11) is 0. The lowest BCUT2D eigenvalue weighted by molar-refractivity contribution is -0.116. The number of hydrogen-bond acceptors (Lipinski definition) is 3. The van der Waals surface area contributed by atoms with Crippen LogP contribution in [-0.2, 0) is 4.79 Å². The summed E-state index contributed by atoms with van der Waals surface area (Å²) in [5.74, 6) is 1.61. The normalized spacial score (nSPS) is 14.7. The van der Waals surface area contributed by atoms with Gasteiger partial charge in [-0.05, 0) is 31.0 Å². The third kappa shape index (κ3) is 2.94. The summed E-state index contributed by atoms with van der Waals surface area (Å²) in [6, 6.07) is 5.74. The van der Waals surface area contributed by atoms with Crippen LogP contribution in [0.15, 0.2) is 18.2 Å². The number of nitrogens with one attached hydrogen (secondary N) is 2. The van der Waals surface area contributed by atoms with Crippen molar-refractivity contribution in [3.05, 3.63) is 24.0 Å². The zero-order valence-electron chi connectivity index (χ0n) is 11.2. The average Bonchev–Trinajstić information content (AvgIpc) is 2.69. The number of nitrogens with two attached hydrogens (primary N) is 1. The number of fused-ring (bicyclic) bond motifs is 1. The summed E-state index contributed by atoms with van der Waals surface area (Å²) in [6.07, 6.45) is 4.08. The lowest BCUT2D eigenvalue weighted by Gasteiger charge is -2.22. The van der Waals surface area contributed by atoms with Gasteiger partial charge in [0.05, 0.1) is 11.0 Å². The number of aromatic amines is 1. The zero-order valence-corrected chi connectivity index (χ0v) is 12.0. The number of anilines is 1. The Morgan fingerprint density at radius 2 is 2.25 bits per heavy atom. The van der Waals surface area contributed by atoms with E-state index in [1.165, 1.54) is 19.3 Å². The molecule has 1 fully saturated rings. The van der Waals surface area contributed by atoms with Crippen LogP contribution < -0.4 is 11.1 Å². The highest BCUT2D eigenvalue weighted by atomic mass is 35.5. The highest BCUT2D eigenvalue weighted by molar-refractivity contribution is 5.93. The van der Waals surface area contributed by atoms with Crippen LogP contribution in [0.5, 0.6) is 0 Å². The molecular formula is C14H19ClN4O. The number of H-pyrrole nitrogens is 1. The minimum atomic E-state index is -0.0550. The van der Waals surface area contributed by atoms with Gasteiger partial charge >= 0.3 is 0 Å². The Balaban J connectivity index is 0.00000147. The molecule has 1 aliphatic rings. The van der Waals surface area contributed by atoms with Crippen LogP contribution >= 0.6 is 12.4 Å². The predicted molar refractivity (Wildman–Crippen MR) is 82.2 cm³/mol. The average molecular weight is 295 g/mol. The zero-order chi connectivity index (χ0) is 13.2. The van der Waals surface area contributed by atoms with Crippen LogP contribution in [0.25, 0.3) is 11.0 Å². The number of amides is 1. The Kier molecular flexibility index (Phi) is 4.62. The number of halogens is 1. The third-order valence-electron chi connectivity index (χ3n) is 3.65. The van der Waals surface area contributed by atoms with Gasteiger partial charge in [0.25, 0.3) is 0 Å². The number of benzene rings is 1. The second-order valence-corrected chi connectivity index (χ2v) is 5.07. The minimum absolute atomic E-state index is 0. The minimum Gasteiger partial charge on any atom is -0.342 e. The summed E-state index contributed by atoms with van der Waals surface area (Å²) in [5.41, 5.74) is 8.08. The van der Waals surface area contributed by atoms with Crippen LogP contribution in [0.2, 0.25) is 0 Å². The van der Waals surface area contributed by atoms with E-state index in [4.69, 9.17) is 5.73 Å². The molecule has 3 rings (SSSR count). The van der Waals surface area contributed by atoms with Crippen molar-refractivity contribution in [1.82, 2.24) is 9.97 Å². The quantitative estimate of drug-likeness (QED) is 0.810. The number of nitrogens with zero attached hydrogens (tertiary/aromatic N) is 1. The van der Waals surface area contributed by atoms with Crippen molar-refractivity contribution >= 4 is 35.0 Å². The summed E-state index contributed by atoms with van der Waals surface area (Å²) < 4.78 is 0. The van der Waals surface area contributed by atoms with E-state index in [-0.39, 0.29) is 18.3 Å². The lowest BCUT2D eigenvalue weighted by atomic mass is 9.85. The molecule has 4 N–H and O–H groups in total. The van der Waals surface area contributed by atoms with E-state index in [9.17, 15) is 4.79 Å². The maximum absolute atomic E-state index is 11.5. The molecule has 0 aliphatic heterocycles. The molecule has 0 bridgehead atoms. The van der Waals surface area contributed by atoms with Crippen LogP contribution in [0, 0.1) is 0 Å². The first-order valence-corrected chi connectivity index (χ1v) is 6.76. The van der Waals surface area contributed by atoms with E-state index in [1.807, 2.05) is 18.2 Å². The van der Waals surface area contributed by atoms with Crippen LogP contribution in [-0.4, -0.2) is 22.4 Å². The van der Waals surface area contributed by atoms with Gasteiger partial charge in [0.15, 0.2) is 0 Å². The topological polar surface area (TPSA) is 83.8 Å². The van der Waals surface area contributed by atoms with Crippen LogP contribution in [0.1, 0.15) is 37.4 Å². The maximum Gasteiger partial charge on any atom is 0.225 e. The molecule has 1 aromatic heterocycles.